The topological polar surface area (TPSA) is 119 Å². The molecule has 2 aromatic rings. The zero-order chi connectivity index (χ0) is 25.7. The Kier molecular flexibility index (Phi) is 8.81. The van der Waals surface area contributed by atoms with Gasteiger partial charge in [-0.05, 0) is 63.1 Å². The van der Waals surface area contributed by atoms with E-state index in [4.69, 9.17) is 9.47 Å². The lowest BCUT2D eigenvalue weighted by atomic mass is 9.95. The lowest BCUT2D eigenvalue weighted by Gasteiger charge is -2.25. The molecule has 3 heterocycles. The maximum atomic E-state index is 12.8. The van der Waals surface area contributed by atoms with Crippen molar-refractivity contribution in [3.05, 3.63) is 33.0 Å². The van der Waals surface area contributed by atoms with E-state index in [-0.39, 0.29) is 17.2 Å². The van der Waals surface area contributed by atoms with Crippen molar-refractivity contribution in [1.29, 1.82) is 0 Å². The molecule has 0 unspecified atom stereocenters. The average molecular weight is 555 g/mol. The molecule has 0 spiro atoms. The number of hydrogen-bond donors (Lipinski definition) is 1. The third-order valence-electron chi connectivity index (χ3n) is 6.13. The van der Waals surface area contributed by atoms with Crippen molar-refractivity contribution in [3.63, 3.8) is 0 Å². The standard InChI is InChI=1S/C24H30N2O7S3/c1-2-32-24(29)22-17-8-4-5-9-18(17)35-23(22)25-19(27)15-33-20(28)14-16-10-11-21(34-16)36(30,31)26-12-6-3-7-13-26/h10-11H,2-9,12-15H2,1H3,(H,25,27). The highest BCUT2D eigenvalue weighted by Gasteiger charge is 2.29. The van der Waals surface area contributed by atoms with Crippen molar-refractivity contribution in [2.24, 2.45) is 0 Å². The lowest BCUT2D eigenvalue weighted by Crippen LogP contribution is -2.35. The van der Waals surface area contributed by atoms with Crippen LogP contribution in [-0.2, 0) is 48.3 Å². The average Bonchev–Trinajstić information content (AvgIpc) is 3.48. The van der Waals surface area contributed by atoms with Gasteiger partial charge in [0.25, 0.3) is 15.9 Å². The number of nitrogens with zero attached hydrogens (tertiary/aromatic N) is 1. The Hall–Kier alpha value is -2.28. The highest BCUT2D eigenvalue weighted by atomic mass is 32.2. The molecule has 2 aliphatic rings. The number of ether oxygens (including phenoxy) is 2. The highest BCUT2D eigenvalue weighted by Crippen LogP contribution is 2.38. The second-order valence-electron chi connectivity index (χ2n) is 8.71. The first-order valence-corrected chi connectivity index (χ1v) is 15.2. The first-order valence-electron chi connectivity index (χ1n) is 12.2. The molecule has 1 saturated heterocycles. The maximum absolute atomic E-state index is 12.8. The fraction of sp³-hybridized carbons (Fsp3) is 0.542. The summed E-state index contributed by atoms with van der Waals surface area (Å²) < 4.78 is 37.6. The Morgan fingerprint density at radius 2 is 1.75 bits per heavy atom. The van der Waals surface area contributed by atoms with E-state index in [1.165, 1.54) is 21.7 Å². The van der Waals surface area contributed by atoms with Gasteiger partial charge in [0.1, 0.15) is 9.21 Å². The molecular weight excluding hydrogens is 524 g/mol. The highest BCUT2D eigenvalue weighted by molar-refractivity contribution is 7.91. The minimum atomic E-state index is -3.56. The first kappa shape index (κ1) is 26.8. The molecule has 0 atom stereocenters. The van der Waals surface area contributed by atoms with Gasteiger partial charge in [-0.3, -0.25) is 9.59 Å². The van der Waals surface area contributed by atoms with Crippen LogP contribution in [-0.4, -0.2) is 56.9 Å². The van der Waals surface area contributed by atoms with Crippen LogP contribution < -0.4 is 5.32 Å². The number of thiophene rings is 2. The van der Waals surface area contributed by atoms with E-state index in [9.17, 15) is 22.8 Å². The molecule has 0 radical (unpaired) electrons. The summed E-state index contributed by atoms with van der Waals surface area (Å²) in [6, 6.07) is 3.12. The predicted molar refractivity (Wildman–Crippen MR) is 137 cm³/mol. The van der Waals surface area contributed by atoms with E-state index in [2.05, 4.69) is 5.32 Å². The van der Waals surface area contributed by atoms with Gasteiger partial charge in [0.2, 0.25) is 0 Å². The van der Waals surface area contributed by atoms with Crippen molar-refractivity contribution in [2.45, 2.75) is 62.5 Å². The van der Waals surface area contributed by atoms with Crippen LogP contribution in [0.15, 0.2) is 16.3 Å². The van der Waals surface area contributed by atoms with Gasteiger partial charge >= 0.3 is 11.9 Å². The summed E-state index contributed by atoms with van der Waals surface area (Å²) in [6.07, 6.45) is 6.22. The van der Waals surface area contributed by atoms with E-state index in [0.29, 0.717) is 28.5 Å². The number of fused-ring (bicyclic) bond motifs is 1. The van der Waals surface area contributed by atoms with Gasteiger partial charge in [0.15, 0.2) is 6.61 Å². The van der Waals surface area contributed by atoms with Crippen LogP contribution in [0.4, 0.5) is 5.00 Å². The number of nitrogens with one attached hydrogen (secondary N) is 1. The molecule has 0 bridgehead atoms. The molecule has 12 heteroatoms. The maximum Gasteiger partial charge on any atom is 0.341 e. The molecule has 196 valence electrons. The molecule has 1 aliphatic heterocycles. The second kappa shape index (κ2) is 11.8. The molecule has 36 heavy (non-hydrogen) atoms. The fourth-order valence-corrected chi connectivity index (χ4v) is 8.71. The third-order valence-corrected chi connectivity index (χ3v) is 10.8. The summed E-state index contributed by atoms with van der Waals surface area (Å²) in [6.45, 7) is 2.48. The van der Waals surface area contributed by atoms with Crippen LogP contribution in [0.2, 0.25) is 0 Å². The van der Waals surface area contributed by atoms with E-state index in [1.54, 1.807) is 13.0 Å². The summed E-state index contributed by atoms with van der Waals surface area (Å²) in [4.78, 5) is 39.0. The number of hydrogen-bond acceptors (Lipinski definition) is 9. The van der Waals surface area contributed by atoms with E-state index < -0.39 is 34.5 Å². The Morgan fingerprint density at radius 1 is 1.00 bits per heavy atom. The summed E-state index contributed by atoms with van der Waals surface area (Å²) in [5, 5.41) is 3.13. The van der Waals surface area contributed by atoms with E-state index in [1.807, 2.05) is 0 Å². The Bertz CT molecular complexity index is 1230. The van der Waals surface area contributed by atoms with Gasteiger partial charge in [-0.1, -0.05) is 6.42 Å². The molecule has 1 aliphatic carbocycles. The van der Waals surface area contributed by atoms with Crippen LogP contribution in [0.25, 0.3) is 0 Å². The van der Waals surface area contributed by atoms with E-state index >= 15 is 0 Å². The number of carbonyl (C=O) groups is 3. The molecule has 0 saturated carbocycles. The van der Waals surface area contributed by atoms with Gasteiger partial charge in [-0.15, -0.1) is 22.7 Å². The lowest BCUT2D eigenvalue weighted by molar-refractivity contribution is -0.146. The van der Waals surface area contributed by atoms with E-state index in [0.717, 1.165) is 66.7 Å². The number of carbonyl (C=O) groups excluding carboxylic acids is 3. The summed E-state index contributed by atoms with van der Waals surface area (Å²) in [7, 11) is -3.56. The fourth-order valence-electron chi connectivity index (χ4n) is 4.40. The minimum Gasteiger partial charge on any atom is -0.462 e. The van der Waals surface area contributed by atoms with Gasteiger partial charge in [0, 0.05) is 22.8 Å². The number of esters is 2. The molecule has 9 nitrogen and oxygen atoms in total. The molecule has 2 aromatic heterocycles. The normalized spacial score (nSPS) is 16.2. The zero-order valence-electron chi connectivity index (χ0n) is 20.2. The molecule has 1 N–H and O–H groups in total. The van der Waals surface area contributed by atoms with Crippen LogP contribution in [0.5, 0.6) is 0 Å². The van der Waals surface area contributed by atoms with Crippen molar-refractivity contribution in [3.8, 4) is 0 Å². The van der Waals surface area contributed by atoms with Crippen LogP contribution in [0, 0.1) is 0 Å². The molecule has 1 amide bonds. The molecule has 0 aromatic carbocycles. The quantitative estimate of drug-likeness (QED) is 0.469. The summed E-state index contributed by atoms with van der Waals surface area (Å²) in [5.41, 5.74) is 1.34. The molecule has 1 fully saturated rings. The SMILES string of the molecule is CCOC(=O)c1c(NC(=O)COC(=O)Cc2ccc(S(=O)(=O)N3CCCCC3)s2)sc2c1CCCC2. The van der Waals surface area contributed by atoms with Gasteiger partial charge in [-0.25, -0.2) is 13.2 Å². The number of piperidine rings is 1. The number of rotatable bonds is 9. The largest absolute Gasteiger partial charge is 0.462 e. The number of sulfonamides is 1. The Balaban J connectivity index is 1.33. The number of aryl methyl sites for hydroxylation is 1. The van der Waals surface area contributed by atoms with Gasteiger partial charge in [-0.2, -0.15) is 4.31 Å². The minimum absolute atomic E-state index is 0.130. The first-order chi connectivity index (χ1) is 17.3. The van der Waals surface area contributed by atoms with Crippen LogP contribution in [0.1, 0.15) is 64.7 Å². The monoisotopic (exact) mass is 554 g/mol. The van der Waals surface area contributed by atoms with Crippen molar-refractivity contribution >= 4 is 55.5 Å². The molecule has 4 rings (SSSR count). The zero-order valence-corrected chi connectivity index (χ0v) is 22.6. The number of amides is 1. The predicted octanol–water partition coefficient (Wildman–Crippen LogP) is 3.76. The Morgan fingerprint density at radius 3 is 2.50 bits per heavy atom. The Labute approximate surface area is 218 Å². The smallest absolute Gasteiger partial charge is 0.341 e. The third kappa shape index (κ3) is 6.16. The molecular formula is C24H30N2O7S3. The van der Waals surface area contributed by atoms with Crippen LogP contribution in [0.3, 0.4) is 0 Å². The second-order valence-corrected chi connectivity index (χ2v) is 13.1. The van der Waals surface area contributed by atoms with Crippen molar-refractivity contribution in [1.82, 2.24) is 4.31 Å². The van der Waals surface area contributed by atoms with Gasteiger partial charge in [0.05, 0.1) is 18.6 Å². The van der Waals surface area contributed by atoms with Crippen LogP contribution >= 0.6 is 22.7 Å². The van der Waals surface area contributed by atoms with Crippen molar-refractivity contribution in [2.75, 3.05) is 31.6 Å². The summed E-state index contributed by atoms with van der Waals surface area (Å²) >= 11 is 2.41. The number of anilines is 1. The summed E-state index contributed by atoms with van der Waals surface area (Å²) in [5.74, 6) is -1.64. The van der Waals surface area contributed by atoms with Crippen molar-refractivity contribution < 1.29 is 32.3 Å². The van der Waals surface area contributed by atoms with Gasteiger partial charge < -0.3 is 14.8 Å².